The van der Waals surface area contributed by atoms with Gasteiger partial charge in [0.25, 0.3) is 0 Å². The van der Waals surface area contributed by atoms with Gasteiger partial charge in [-0.1, -0.05) is 184 Å². The SMILES string of the molecule is CC1(C)c2ccc(-c3ccc(-c4c5ccccc5c(-c5ccccc5)c5ccccc45)c4ccccc34)cc2-c2c1ccc1c2sc2ccc3ccccc3c21. The maximum absolute atomic E-state index is 2.49. The van der Waals surface area contributed by atoms with Crippen LogP contribution in [0, 0.1) is 0 Å². The first kappa shape index (κ1) is 31.8. The summed E-state index contributed by atoms with van der Waals surface area (Å²) >= 11 is 1.95. The number of hydrogen-bond acceptors (Lipinski definition) is 1. The van der Waals surface area contributed by atoms with Crippen molar-refractivity contribution in [1.29, 1.82) is 0 Å². The predicted octanol–water partition coefficient (Wildman–Crippen LogP) is 16.0. The van der Waals surface area contributed by atoms with Gasteiger partial charge in [-0.3, -0.25) is 0 Å². The third-order valence-electron chi connectivity index (χ3n) is 12.7. The molecular weight excluding hydrogens is 693 g/mol. The van der Waals surface area contributed by atoms with Gasteiger partial charge in [0.05, 0.1) is 0 Å². The number of hydrogen-bond donors (Lipinski definition) is 0. The van der Waals surface area contributed by atoms with Gasteiger partial charge >= 0.3 is 0 Å². The summed E-state index contributed by atoms with van der Waals surface area (Å²) in [7, 11) is 0. The van der Waals surface area contributed by atoms with Crippen molar-refractivity contribution in [2.24, 2.45) is 0 Å². The van der Waals surface area contributed by atoms with Crippen LogP contribution in [0.2, 0.25) is 0 Å². The molecule has 1 aliphatic rings. The van der Waals surface area contributed by atoms with E-state index in [1.807, 2.05) is 11.3 Å². The van der Waals surface area contributed by atoms with Gasteiger partial charge in [0.2, 0.25) is 0 Å². The topological polar surface area (TPSA) is 0 Å². The molecule has 0 nitrogen and oxygen atoms in total. The summed E-state index contributed by atoms with van der Waals surface area (Å²) in [6.45, 7) is 4.79. The summed E-state index contributed by atoms with van der Waals surface area (Å²) in [4.78, 5) is 0. The standard InChI is InChI=1S/C55H36S/c1-55(2)47-29-24-35(32-46(47)53-48(55)30-28-45-52-37-17-7-6-14-33(37)25-31-49(52)56-54(45)53)36-26-27-44(39-19-9-8-18-38(36)39)51-42-22-12-10-20-40(42)50(34-15-4-3-5-16-34)41-21-11-13-23-43(41)51/h3-32H,1-2H3. The van der Waals surface area contributed by atoms with Crippen LogP contribution in [0.1, 0.15) is 25.0 Å². The molecule has 0 unspecified atom stereocenters. The highest BCUT2D eigenvalue weighted by Crippen LogP contribution is 2.55. The predicted molar refractivity (Wildman–Crippen MR) is 243 cm³/mol. The molecule has 0 radical (unpaired) electrons. The van der Waals surface area contributed by atoms with Crippen molar-refractivity contribution < 1.29 is 0 Å². The third-order valence-corrected chi connectivity index (χ3v) is 13.9. The van der Waals surface area contributed by atoms with Crippen molar-refractivity contribution in [2.75, 3.05) is 0 Å². The average molecular weight is 729 g/mol. The van der Waals surface area contributed by atoms with Gasteiger partial charge in [0.1, 0.15) is 0 Å². The van der Waals surface area contributed by atoms with Crippen molar-refractivity contribution in [3.8, 4) is 44.5 Å². The van der Waals surface area contributed by atoms with Gasteiger partial charge in [-0.05, 0) is 105 Å². The normalized spacial score (nSPS) is 13.3. The highest BCUT2D eigenvalue weighted by atomic mass is 32.1. The zero-order valence-corrected chi connectivity index (χ0v) is 32.0. The third kappa shape index (κ3) is 4.35. The van der Waals surface area contributed by atoms with Crippen LogP contribution < -0.4 is 0 Å². The number of thiophene rings is 1. The van der Waals surface area contributed by atoms with Gasteiger partial charge in [-0.15, -0.1) is 11.3 Å². The second-order valence-corrected chi connectivity index (χ2v) is 17.0. The number of fused-ring (bicyclic) bond motifs is 12. The first-order chi connectivity index (χ1) is 27.6. The van der Waals surface area contributed by atoms with Crippen molar-refractivity contribution in [2.45, 2.75) is 19.3 Å². The molecule has 0 aliphatic heterocycles. The largest absolute Gasteiger partial charge is 0.134 e. The zero-order chi connectivity index (χ0) is 37.1. The smallest absolute Gasteiger partial charge is 0.0437 e. The fourth-order valence-electron chi connectivity index (χ4n) is 10.1. The minimum Gasteiger partial charge on any atom is -0.134 e. The van der Waals surface area contributed by atoms with Crippen LogP contribution in [0.25, 0.3) is 108 Å². The van der Waals surface area contributed by atoms with Crippen molar-refractivity contribution in [3.63, 3.8) is 0 Å². The molecule has 12 rings (SSSR count). The fraction of sp³-hybridized carbons (Fsp3) is 0.0545. The molecule has 11 aromatic rings. The first-order valence-electron chi connectivity index (χ1n) is 19.6. The molecule has 0 spiro atoms. The fourth-order valence-corrected chi connectivity index (χ4v) is 11.4. The van der Waals surface area contributed by atoms with E-state index in [1.54, 1.807) is 0 Å². The van der Waals surface area contributed by atoms with E-state index in [0.717, 1.165) is 0 Å². The molecule has 10 aromatic carbocycles. The summed E-state index contributed by atoms with van der Waals surface area (Å²) in [5, 5.41) is 13.0. The molecule has 0 saturated heterocycles. The van der Waals surface area contributed by atoms with Crippen LogP contribution in [0.15, 0.2) is 182 Å². The Labute approximate surface area is 329 Å². The molecule has 56 heavy (non-hydrogen) atoms. The Hall–Kier alpha value is -6.54. The minimum atomic E-state index is -0.0877. The van der Waals surface area contributed by atoms with E-state index in [1.165, 1.54) is 119 Å². The summed E-state index contributed by atoms with van der Waals surface area (Å²) in [5.41, 5.74) is 13.1. The van der Waals surface area contributed by atoms with Gasteiger partial charge in [0, 0.05) is 31.2 Å². The maximum Gasteiger partial charge on any atom is 0.0437 e. The molecule has 0 atom stereocenters. The minimum absolute atomic E-state index is 0.0877. The quantitative estimate of drug-likeness (QED) is 0.159. The molecular formula is C55H36S. The van der Waals surface area contributed by atoms with Gasteiger partial charge in [-0.25, -0.2) is 0 Å². The molecule has 0 amide bonds. The number of rotatable bonds is 3. The highest BCUT2D eigenvalue weighted by Gasteiger charge is 2.37. The van der Waals surface area contributed by atoms with Crippen molar-refractivity contribution in [3.05, 3.63) is 193 Å². The van der Waals surface area contributed by atoms with Crippen molar-refractivity contribution in [1.82, 2.24) is 0 Å². The van der Waals surface area contributed by atoms with Crippen LogP contribution in [-0.4, -0.2) is 0 Å². The van der Waals surface area contributed by atoms with Crippen LogP contribution in [0.4, 0.5) is 0 Å². The summed E-state index contributed by atoms with van der Waals surface area (Å²) in [6, 6.07) is 68.1. The molecule has 0 bridgehead atoms. The van der Waals surface area contributed by atoms with E-state index >= 15 is 0 Å². The van der Waals surface area contributed by atoms with E-state index in [9.17, 15) is 0 Å². The Kier molecular flexibility index (Phi) is 6.66. The van der Waals surface area contributed by atoms with Crippen LogP contribution >= 0.6 is 11.3 Å². The van der Waals surface area contributed by atoms with Crippen molar-refractivity contribution >= 4 is 74.6 Å². The van der Waals surface area contributed by atoms with Gasteiger partial charge < -0.3 is 0 Å². The van der Waals surface area contributed by atoms with Crippen LogP contribution in [0.3, 0.4) is 0 Å². The summed E-state index contributed by atoms with van der Waals surface area (Å²) in [6.07, 6.45) is 0. The molecule has 1 heterocycles. The molecule has 1 heteroatoms. The Morgan fingerprint density at radius 3 is 1.64 bits per heavy atom. The van der Waals surface area contributed by atoms with E-state index in [0.29, 0.717) is 0 Å². The van der Waals surface area contributed by atoms with E-state index in [4.69, 9.17) is 0 Å². The lowest BCUT2D eigenvalue weighted by Crippen LogP contribution is -2.14. The molecule has 262 valence electrons. The van der Waals surface area contributed by atoms with E-state index in [-0.39, 0.29) is 5.41 Å². The van der Waals surface area contributed by atoms with Gasteiger partial charge in [0.15, 0.2) is 0 Å². The van der Waals surface area contributed by atoms with Gasteiger partial charge in [-0.2, -0.15) is 0 Å². The average Bonchev–Trinajstić information content (AvgIpc) is 3.75. The first-order valence-corrected chi connectivity index (χ1v) is 20.4. The molecule has 1 aliphatic carbocycles. The summed E-state index contributed by atoms with van der Waals surface area (Å²) < 4.78 is 2.75. The lowest BCUT2D eigenvalue weighted by atomic mass is 9.81. The lowest BCUT2D eigenvalue weighted by Gasteiger charge is -2.22. The Balaban J connectivity index is 1.09. The molecule has 0 saturated carbocycles. The second kappa shape index (κ2) is 11.7. The van der Waals surface area contributed by atoms with E-state index in [2.05, 4.69) is 196 Å². The zero-order valence-electron chi connectivity index (χ0n) is 31.2. The Morgan fingerprint density at radius 2 is 0.929 bits per heavy atom. The molecule has 1 aromatic heterocycles. The maximum atomic E-state index is 2.49. The number of benzene rings is 10. The Bertz CT molecular complexity index is 3380. The molecule has 0 N–H and O–H groups in total. The highest BCUT2D eigenvalue weighted by molar-refractivity contribution is 7.26. The summed E-state index contributed by atoms with van der Waals surface area (Å²) in [5.74, 6) is 0. The monoisotopic (exact) mass is 728 g/mol. The second-order valence-electron chi connectivity index (χ2n) is 15.9. The van der Waals surface area contributed by atoms with E-state index < -0.39 is 0 Å². The Morgan fingerprint density at radius 1 is 0.357 bits per heavy atom. The molecule has 0 fully saturated rings. The van der Waals surface area contributed by atoms with Crippen LogP contribution in [0.5, 0.6) is 0 Å². The van der Waals surface area contributed by atoms with Crippen LogP contribution in [-0.2, 0) is 5.41 Å². The lowest BCUT2D eigenvalue weighted by molar-refractivity contribution is 0.661.